The van der Waals surface area contributed by atoms with Gasteiger partial charge < -0.3 is 5.32 Å². The number of aromatic nitrogens is 3. The summed E-state index contributed by atoms with van der Waals surface area (Å²) in [7, 11) is 0. The molecule has 1 N–H and O–H groups in total. The zero-order chi connectivity index (χ0) is 20.5. The van der Waals surface area contributed by atoms with Gasteiger partial charge in [0.1, 0.15) is 5.82 Å². The fourth-order valence-electron chi connectivity index (χ4n) is 4.13. The summed E-state index contributed by atoms with van der Waals surface area (Å²) in [6.07, 6.45) is 5.16. The number of hydrogen-bond donors (Lipinski definition) is 1. The highest BCUT2D eigenvalue weighted by molar-refractivity contribution is 7.99. The number of amides is 1. The maximum Gasteiger partial charge on any atom is 0.230 e. The average molecular weight is 423 g/mol. The molecule has 2 aromatic carbocycles. The molecular formula is C23H23FN4OS. The van der Waals surface area contributed by atoms with Crippen LogP contribution in [0.2, 0.25) is 0 Å². The molecule has 1 saturated carbocycles. The number of rotatable bonds is 6. The summed E-state index contributed by atoms with van der Waals surface area (Å²) in [5.74, 6) is 0.483. The quantitative estimate of drug-likeness (QED) is 0.585. The lowest BCUT2D eigenvalue weighted by Gasteiger charge is -2.26. The Labute approximate surface area is 179 Å². The highest BCUT2D eigenvalue weighted by Gasteiger charge is 2.31. The molecule has 2 aliphatic rings. The van der Waals surface area contributed by atoms with Gasteiger partial charge in [-0.05, 0) is 55.4 Å². The van der Waals surface area contributed by atoms with Crippen molar-refractivity contribution >= 4 is 17.7 Å². The third kappa shape index (κ3) is 3.86. The highest BCUT2D eigenvalue weighted by atomic mass is 32.2. The number of hydrogen-bond acceptors (Lipinski definition) is 4. The van der Waals surface area contributed by atoms with Crippen molar-refractivity contribution in [3.8, 4) is 11.4 Å². The van der Waals surface area contributed by atoms with E-state index in [0.717, 1.165) is 32.1 Å². The molecule has 0 spiro atoms. The molecule has 0 bridgehead atoms. The second kappa shape index (κ2) is 8.22. The number of nitrogens with one attached hydrogen (secondary N) is 1. The third-order valence-corrected chi connectivity index (χ3v) is 6.67. The summed E-state index contributed by atoms with van der Waals surface area (Å²) in [4.78, 5) is 12.7. The Morgan fingerprint density at radius 2 is 1.90 bits per heavy atom. The Bertz CT molecular complexity index is 1080. The van der Waals surface area contributed by atoms with Gasteiger partial charge in [0.15, 0.2) is 11.0 Å². The molecule has 2 aliphatic carbocycles. The molecule has 0 saturated heterocycles. The zero-order valence-corrected chi connectivity index (χ0v) is 17.4. The standard InChI is InChI=1S/C23H23FN4OS/c24-19-10-4-3-9-18(19)22-26-27-23(28(22)16-12-13-16)30-14-21(29)25-20-11-5-7-15-6-1-2-8-17(15)20/h1-4,6,8-10,16,20H,5,7,11-14H2,(H,25,29)/t20-/m1/s1. The van der Waals surface area contributed by atoms with E-state index >= 15 is 0 Å². The van der Waals surface area contributed by atoms with Gasteiger partial charge in [-0.1, -0.05) is 48.2 Å². The van der Waals surface area contributed by atoms with Crippen LogP contribution in [0.4, 0.5) is 4.39 Å². The fraction of sp³-hybridized carbons (Fsp3) is 0.348. The SMILES string of the molecule is O=C(CSc1nnc(-c2ccccc2F)n1C1CC1)N[C@@H]1CCCc2ccccc21. The van der Waals surface area contributed by atoms with Gasteiger partial charge in [-0.3, -0.25) is 9.36 Å². The van der Waals surface area contributed by atoms with Crippen molar-refractivity contribution < 1.29 is 9.18 Å². The van der Waals surface area contributed by atoms with E-state index in [1.807, 2.05) is 10.6 Å². The topological polar surface area (TPSA) is 59.8 Å². The number of thioether (sulfide) groups is 1. The van der Waals surface area contributed by atoms with Crippen LogP contribution in [0, 0.1) is 5.82 Å². The number of carbonyl (C=O) groups is 1. The van der Waals surface area contributed by atoms with Crippen LogP contribution < -0.4 is 5.32 Å². The maximum atomic E-state index is 14.3. The molecule has 5 nitrogen and oxygen atoms in total. The van der Waals surface area contributed by atoms with Crippen molar-refractivity contribution in [2.75, 3.05) is 5.75 Å². The molecule has 1 aromatic heterocycles. The van der Waals surface area contributed by atoms with Gasteiger partial charge in [-0.25, -0.2) is 4.39 Å². The van der Waals surface area contributed by atoms with Gasteiger partial charge in [0, 0.05) is 6.04 Å². The molecule has 3 aromatic rings. The molecular weight excluding hydrogens is 399 g/mol. The minimum Gasteiger partial charge on any atom is -0.349 e. The monoisotopic (exact) mass is 422 g/mol. The first-order valence-electron chi connectivity index (χ1n) is 10.4. The summed E-state index contributed by atoms with van der Waals surface area (Å²) in [6, 6.07) is 15.3. The first-order valence-corrected chi connectivity index (χ1v) is 11.4. The summed E-state index contributed by atoms with van der Waals surface area (Å²) in [6.45, 7) is 0. The van der Waals surface area contributed by atoms with Crippen LogP contribution in [0.3, 0.4) is 0 Å². The predicted molar refractivity (Wildman–Crippen MR) is 115 cm³/mol. The first-order chi connectivity index (χ1) is 14.7. The van der Waals surface area contributed by atoms with Gasteiger partial charge in [-0.15, -0.1) is 10.2 Å². The zero-order valence-electron chi connectivity index (χ0n) is 16.6. The van der Waals surface area contributed by atoms with Gasteiger partial charge in [-0.2, -0.15) is 0 Å². The Morgan fingerprint density at radius 3 is 2.73 bits per heavy atom. The summed E-state index contributed by atoms with van der Waals surface area (Å²) in [5, 5.41) is 12.4. The second-order valence-electron chi connectivity index (χ2n) is 7.89. The number of fused-ring (bicyclic) bond motifs is 1. The molecule has 0 radical (unpaired) electrons. The van der Waals surface area contributed by atoms with Crippen molar-refractivity contribution in [1.82, 2.24) is 20.1 Å². The van der Waals surface area contributed by atoms with E-state index in [1.165, 1.54) is 29.0 Å². The van der Waals surface area contributed by atoms with E-state index in [9.17, 15) is 9.18 Å². The number of nitrogens with zero attached hydrogens (tertiary/aromatic N) is 3. The minimum atomic E-state index is -0.308. The summed E-state index contributed by atoms with van der Waals surface area (Å²) in [5.41, 5.74) is 3.00. The van der Waals surface area contributed by atoms with Crippen molar-refractivity contribution in [2.24, 2.45) is 0 Å². The lowest BCUT2D eigenvalue weighted by atomic mass is 9.88. The van der Waals surface area contributed by atoms with Crippen molar-refractivity contribution in [3.05, 3.63) is 65.5 Å². The van der Waals surface area contributed by atoms with Crippen LogP contribution in [0.1, 0.15) is 48.9 Å². The normalized spacial score (nSPS) is 18.1. The molecule has 1 amide bonds. The molecule has 1 heterocycles. The van der Waals surface area contributed by atoms with Gasteiger partial charge in [0.05, 0.1) is 17.4 Å². The lowest BCUT2D eigenvalue weighted by Crippen LogP contribution is -2.32. The largest absolute Gasteiger partial charge is 0.349 e. The average Bonchev–Trinajstić information content (AvgIpc) is 3.52. The van der Waals surface area contributed by atoms with Crippen LogP contribution in [0.5, 0.6) is 0 Å². The molecule has 0 unspecified atom stereocenters. The first kappa shape index (κ1) is 19.3. The van der Waals surface area contributed by atoms with Crippen LogP contribution in [0.25, 0.3) is 11.4 Å². The number of halogens is 1. The van der Waals surface area contributed by atoms with E-state index < -0.39 is 0 Å². The van der Waals surface area contributed by atoms with E-state index in [4.69, 9.17) is 0 Å². The van der Waals surface area contributed by atoms with E-state index in [-0.39, 0.29) is 29.6 Å². The molecule has 7 heteroatoms. The van der Waals surface area contributed by atoms with Crippen LogP contribution in [0.15, 0.2) is 53.7 Å². The smallest absolute Gasteiger partial charge is 0.230 e. The molecule has 1 atom stereocenters. The Balaban J connectivity index is 1.29. The molecule has 5 rings (SSSR count). The molecule has 0 aliphatic heterocycles. The van der Waals surface area contributed by atoms with Crippen LogP contribution >= 0.6 is 11.8 Å². The number of aryl methyl sites for hydroxylation is 1. The number of benzene rings is 2. The summed E-state index contributed by atoms with van der Waals surface area (Å²) < 4.78 is 16.3. The fourth-order valence-corrected chi connectivity index (χ4v) is 4.95. The molecule has 154 valence electrons. The van der Waals surface area contributed by atoms with Crippen molar-refractivity contribution in [3.63, 3.8) is 0 Å². The summed E-state index contributed by atoms with van der Waals surface area (Å²) >= 11 is 1.37. The molecule has 1 fully saturated rings. The minimum absolute atomic E-state index is 0.0144. The van der Waals surface area contributed by atoms with E-state index in [0.29, 0.717) is 16.5 Å². The van der Waals surface area contributed by atoms with Crippen molar-refractivity contribution in [1.29, 1.82) is 0 Å². The van der Waals surface area contributed by atoms with Gasteiger partial charge in [0.2, 0.25) is 5.91 Å². The maximum absolute atomic E-state index is 14.3. The Kier molecular flexibility index (Phi) is 5.29. The van der Waals surface area contributed by atoms with E-state index in [1.54, 1.807) is 18.2 Å². The highest BCUT2D eigenvalue weighted by Crippen LogP contribution is 2.41. The Morgan fingerprint density at radius 1 is 1.10 bits per heavy atom. The second-order valence-corrected chi connectivity index (χ2v) is 8.83. The third-order valence-electron chi connectivity index (χ3n) is 5.73. The number of carbonyl (C=O) groups excluding carboxylic acids is 1. The van der Waals surface area contributed by atoms with Crippen molar-refractivity contribution in [2.45, 2.75) is 49.3 Å². The van der Waals surface area contributed by atoms with Crippen LogP contribution in [-0.4, -0.2) is 26.4 Å². The predicted octanol–water partition coefficient (Wildman–Crippen LogP) is 4.71. The van der Waals surface area contributed by atoms with E-state index in [2.05, 4.69) is 33.7 Å². The lowest BCUT2D eigenvalue weighted by molar-refractivity contribution is -0.119. The van der Waals surface area contributed by atoms with Gasteiger partial charge in [0.25, 0.3) is 0 Å². The molecule has 30 heavy (non-hydrogen) atoms. The van der Waals surface area contributed by atoms with Gasteiger partial charge >= 0.3 is 0 Å². The Hall–Kier alpha value is -2.67. The van der Waals surface area contributed by atoms with Crippen LogP contribution in [-0.2, 0) is 11.2 Å².